The summed E-state index contributed by atoms with van der Waals surface area (Å²) in [5, 5.41) is 3.22. The Morgan fingerprint density at radius 2 is 1.91 bits per heavy atom. The maximum Gasteiger partial charge on any atom is 0.255 e. The van der Waals surface area contributed by atoms with Crippen molar-refractivity contribution >= 4 is 11.6 Å². The molecular formula is C19H19N3O. The predicted molar refractivity (Wildman–Crippen MR) is 89.5 cm³/mol. The van der Waals surface area contributed by atoms with Gasteiger partial charge < -0.3 is 9.72 Å². The summed E-state index contributed by atoms with van der Waals surface area (Å²) >= 11 is 0. The zero-order chi connectivity index (χ0) is 16.0. The molecule has 4 heteroatoms. The van der Waals surface area contributed by atoms with E-state index in [-0.39, 0.29) is 11.4 Å². The van der Waals surface area contributed by atoms with E-state index in [2.05, 4.69) is 22.4 Å². The van der Waals surface area contributed by atoms with Gasteiger partial charge in [0.25, 0.3) is 5.91 Å². The van der Waals surface area contributed by atoms with Gasteiger partial charge in [-0.1, -0.05) is 30.3 Å². The molecule has 0 bridgehead atoms. The number of aryl methyl sites for hydroxylation is 2. The lowest BCUT2D eigenvalue weighted by Crippen LogP contribution is -2.34. The van der Waals surface area contributed by atoms with Gasteiger partial charge >= 0.3 is 0 Å². The van der Waals surface area contributed by atoms with E-state index >= 15 is 0 Å². The second-order valence-corrected chi connectivity index (χ2v) is 6.36. The van der Waals surface area contributed by atoms with Crippen LogP contribution in [-0.4, -0.2) is 15.3 Å². The molecule has 4 nitrogen and oxygen atoms in total. The van der Waals surface area contributed by atoms with Gasteiger partial charge in [-0.3, -0.25) is 4.79 Å². The van der Waals surface area contributed by atoms with Gasteiger partial charge in [-0.2, -0.15) is 0 Å². The van der Waals surface area contributed by atoms with Gasteiger partial charge in [0, 0.05) is 17.6 Å². The average Bonchev–Trinajstić information content (AvgIpc) is 3.18. The molecule has 1 amide bonds. The van der Waals surface area contributed by atoms with Crippen LogP contribution >= 0.6 is 0 Å². The first kappa shape index (κ1) is 14.0. The maximum absolute atomic E-state index is 12.8. The van der Waals surface area contributed by atoms with Crippen LogP contribution in [0.25, 0.3) is 5.65 Å². The Bertz CT molecular complexity index is 892. The minimum Gasteiger partial charge on any atom is -0.342 e. The Balaban J connectivity index is 1.68. The second-order valence-electron chi connectivity index (χ2n) is 6.36. The molecule has 0 unspecified atom stereocenters. The predicted octanol–water partition coefficient (Wildman–Crippen LogP) is 3.37. The number of fused-ring (bicyclic) bond motifs is 1. The number of carbonyl (C=O) groups is 1. The lowest BCUT2D eigenvalue weighted by molar-refractivity contribution is 0.0932. The number of hydrogen-bond donors (Lipinski definition) is 1. The summed E-state index contributed by atoms with van der Waals surface area (Å²) in [6.07, 6.45) is 3.88. The summed E-state index contributed by atoms with van der Waals surface area (Å²) in [6, 6.07) is 14.1. The van der Waals surface area contributed by atoms with Gasteiger partial charge in [0.1, 0.15) is 5.65 Å². The highest BCUT2D eigenvalue weighted by atomic mass is 16.1. The van der Waals surface area contributed by atoms with E-state index in [1.54, 1.807) is 0 Å². The first-order valence-electron chi connectivity index (χ1n) is 7.92. The summed E-state index contributed by atoms with van der Waals surface area (Å²) in [7, 11) is 0. The third-order valence-corrected chi connectivity index (χ3v) is 4.61. The number of aromatic nitrogens is 2. The third-order valence-electron chi connectivity index (χ3n) is 4.61. The molecule has 4 rings (SSSR count). The quantitative estimate of drug-likeness (QED) is 0.806. The summed E-state index contributed by atoms with van der Waals surface area (Å²) in [4.78, 5) is 17.3. The molecular weight excluding hydrogens is 286 g/mol. The topological polar surface area (TPSA) is 46.4 Å². The van der Waals surface area contributed by atoms with E-state index in [1.807, 2.05) is 54.8 Å². The Kier molecular flexibility index (Phi) is 3.01. The van der Waals surface area contributed by atoms with Crippen LogP contribution in [0.4, 0.5) is 0 Å². The number of hydrogen-bond acceptors (Lipinski definition) is 2. The van der Waals surface area contributed by atoms with Gasteiger partial charge in [-0.25, -0.2) is 4.98 Å². The smallest absolute Gasteiger partial charge is 0.255 e. The first-order chi connectivity index (χ1) is 11.1. The summed E-state index contributed by atoms with van der Waals surface area (Å²) in [6.45, 7) is 3.98. The molecule has 0 atom stereocenters. The van der Waals surface area contributed by atoms with Crippen molar-refractivity contribution < 1.29 is 4.79 Å². The largest absolute Gasteiger partial charge is 0.342 e. The fourth-order valence-electron chi connectivity index (χ4n) is 3.22. The molecule has 2 heterocycles. The van der Waals surface area contributed by atoms with Gasteiger partial charge in [0.05, 0.1) is 11.1 Å². The second kappa shape index (κ2) is 4.95. The zero-order valence-corrected chi connectivity index (χ0v) is 13.3. The van der Waals surface area contributed by atoms with Crippen LogP contribution in [0, 0.1) is 13.8 Å². The third kappa shape index (κ3) is 2.31. The average molecular weight is 305 g/mol. The van der Waals surface area contributed by atoms with Gasteiger partial charge in [-0.15, -0.1) is 0 Å². The molecule has 1 saturated carbocycles. The fourth-order valence-corrected chi connectivity index (χ4v) is 3.22. The number of nitrogens with zero attached hydrogens (tertiary/aromatic N) is 2. The van der Waals surface area contributed by atoms with Gasteiger partial charge in [-0.05, 0) is 44.4 Å². The normalized spacial score (nSPS) is 15.6. The molecule has 1 fully saturated rings. The Morgan fingerprint density at radius 3 is 2.61 bits per heavy atom. The highest BCUT2D eigenvalue weighted by Crippen LogP contribution is 2.45. The van der Waals surface area contributed by atoms with E-state index in [0.717, 1.165) is 29.9 Å². The Labute approximate surface area is 135 Å². The van der Waals surface area contributed by atoms with Crippen molar-refractivity contribution in [3.8, 4) is 0 Å². The van der Waals surface area contributed by atoms with Crippen molar-refractivity contribution in [3.63, 3.8) is 0 Å². The number of amides is 1. The molecule has 0 radical (unpaired) electrons. The SMILES string of the molecule is Cc1cc(C)n2ccc(C(=O)NC3(c4ccccc4)CC3)c2n1. The van der Waals surface area contributed by atoms with Gasteiger partial charge in [0.2, 0.25) is 0 Å². The zero-order valence-electron chi connectivity index (χ0n) is 13.3. The van der Waals surface area contributed by atoms with E-state index < -0.39 is 0 Å². The molecule has 0 spiro atoms. The molecule has 1 aromatic carbocycles. The van der Waals surface area contributed by atoms with Crippen molar-refractivity contribution in [3.05, 3.63) is 71.2 Å². The lowest BCUT2D eigenvalue weighted by Gasteiger charge is -2.17. The summed E-state index contributed by atoms with van der Waals surface area (Å²) in [5.74, 6) is -0.0497. The first-order valence-corrected chi connectivity index (χ1v) is 7.92. The van der Waals surface area contributed by atoms with Crippen LogP contribution < -0.4 is 5.32 Å². The van der Waals surface area contributed by atoms with Crippen LogP contribution in [-0.2, 0) is 5.54 Å². The maximum atomic E-state index is 12.8. The monoisotopic (exact) mass is 305 g/mol. The van der Waals surface area contributed by atoms with Gasteiger partial charge in [0.15, 0.2) is 0 Å². The molecule has 3 aromatic rings. The Hall–Kier alpha value is -2.62. The molecule has 116 valence electrons. The van der Waals surface area contributed by atoms with Crippen molar-refractivity contribution in [2.75, 3.05) is 0 Å². The van der Waals surface area contributed by atoms with E-state index in [4.69, 9.17) is 0 Å². The lowest BCUT2D eigenvalue weighted by atomic mass is 10.0. The number of nitrogens with one attached hydrogen (secondary N) is 1. The molecule has 23 heavy (non-hydrogen) atoms. The standard InChI is InChI=1S/C19H19N3O/c1-13-12-14(2)22-11-8-16(17(22)20-13)18(23)21-19(9-10-19)15-6-4-3-5-7-15/h3-8,11-12H,9-10H2,1-2H3,(H,21,23). The summed E-state index contributed by atoms with van der Waals surface area (Å²) in [5.41, 5.74) is 4.34. The molecule has 0 saturated heterocycles. The highest BCUT2D eigenvalue weighted by Gasteiger charge is 2.45. The molecule has 1 aliphatic carbocycles. The minimum atomic E-state index is -0.203. The highest BCUT2D eigenvalue weighted by molar-refractivity contribution is 6.00. The minimum absolute atomic E-state index is 0.0497. The fraction of sp³-hybridized carbons (Fsp3) is 0.263. The molecule has 0 aliphatic heterocycles. The van der Waals surface area contributed by atoms with Crippen LogP contribution in [0.5, 0.6) is 0 Å². The van der Waals surface area contributed by atoms with E-state index in [9.17, 15) is 4.79 Å². The van der Waals surface area contributed by atoms with E-state index in [0.29, 0.717) is 5.56 Å². The van der Waals surface area contributed by atoms with Crippen LogP contribution in [0.3, 0.4) is 0 Å². The van der Waals surface area contributed by atoms with Crippen LogP contribution in [0.2, 0.25) is 0 Å². The van der Waals surface area contributed by atoms with Crippen molar-refractivity contribution in [1.29, 1.82) is 0 Å². The van der Waals surface area contributed by atoms with Crippen LogP contribution in [0.15, 0.2) is 48.7 Å². The number of benzene rings is 1. The number of rotatable bonds is 3. The number of carbonyl (C=O) groups excluding carboxylic acids is 1. The molecule has 2 aromatic heterocycles. The van der Waals surface area contributed by atoms with Crippen molar-refractivity contribution in [1.82, 2.24) is 14.7 Å². The molecule has 1 aliphatic rings. The molecule has 1 N–H and O–H groups in total. The summed E-state index contributed by atoms with van der Waals surface area (Å²) < 4.78 is 1.96. The van der Waals surface area contributed by atoms with Crippen LogP contribution in [0.1, 0.15) is 40.2 Å². The van der Waals surface area contributed by atoms with Crippen molar-refractivity contribution in [2.45, 2.75) is 32.2 Å². The van der Waals surface area contributed by atoms with Crippen molar-refractivity contribution in [2.24, 2.45) is 0 Å². The van der Waals surface area contributed by atoms with E-state index in [1.165, 1.54) is 5.56 Å². The Morgan fingerprint density at radius 1 is 1.17 bits per heavy atom.